The highest BCUT2D eigenvalue weighted by atomic mass is 32.2. The third kappa shape index (κ3) is 6.57. The van der Waals surface area contributed by atoms with Crippen molar-refractivity contribution in [2.45, 2.75) is 45.4 Å². The average Bonchev–Trinajstić information content (AvgIpc) is 3.24. The van der Waals surface area contributed by atoms with Crippen molar-refractivity contribution in [3.05, 3.63) is 98.0 Å². The molecule has 0 bridgehead atoms. The molecule has 0 saturated carbocycles. The van der Waals surface area contributed by atoms with Gasteiger partial charge in [0.2, 0.25) is 11.8 Å². The molecule has 0 aliphatic carbocycles. The number of amides is 2. The second-order valence-electron chi connectivity index (χ2n) is 9.26. The second-order valence-corrected chi connectivity index (χ2v) is 10.3. The molecule has 12 heteroatoms. The number of non-ortho nitro benzene ring substituents is 1. The van der Waals surface area contributed by atoms with Gasteiger partial charge >= 0.3 is 11.9 Å². The predicted molar refractivity (Wildman–Crippen MR) is 145 cm³/mol. The Hall–Kier alpha value is -4.45. The number of nitrogens with zero attached hydrogens (tertiary/aromatic N) is 2. The van der Waals surface area contributed by atoms with Crippen molar-refractivity contribution in [3.8, 4) is 0 Å². The van der Waals surface area contributed by atoms with Crippen LogP contribution in [0.5, 0.6) is 0 Å². The molecule has 1 saturated heterocycles. The van der Waals surface area contributed by atoms with E-state index in [1.807, 2.05) is 30.3 Å². The molecule has 4 rings (SSSR count). The van der Waals surface area contributed by atoms with Gasteiger partial charge in [0.05, 0.1) is 23.3 Å². The molecule has 0 radical (unpaired) electrons. The molecule has 2 aromatic carbocycles. The van der Waals surface area contributed by atoms with Crippen LogP contribution in [-0.2, 0) is 41.7 Å². The molecule has 40 heavy (non-hydrogen) atoms. The van der Waals surface area contributed by atoms with E-state index in [0.717, 1.165) is 5.56 Å². The van der Waals surface area contributed by atoms with Crippen molar-refractivity contribution in [1.29, 1.82) is 0 Å². The number of hydrogen-bond acceptors (Lipinski definition) is 9. The van der Waals surface area contributed by atoms with Crippen LogP contribution in [0.2, 0.25) is 0 Å². The summed E-state index contributed by atoms with van der Waals surface area (Å²) in [5, 5.41) is 15.0. The summed E-state index contributed by atoms with van der Waals surface area (Å²) >= 11 is 1.18. The maximum atomic E-state index is 13.2. The van der Waals surface area contributed by atoms with Crippen LogP contribution in [0.4, 0.5) is 5.69 Å². The summed E-state index contributed by atoms with van der Waals surface area (Å²) < 4.78 is 11.0. The summed E-state index contributed by atoms with van der Waals surface area (Å²) in [7, 11) is 0. The van der Waals surface area contributed by atoms with Crippen LogP contribution in [-0.4, -0.2) is 45.7 Å². The van der Waals surface area contributed by atoms with Gasteiger partial charge < -0.3 is 19.7 Å². The van der Waals surface area contributed by atoms with Crippen molar-refractivity contribution in [2.24, 2.45) is 5.92 Å². The zero-order valence-corrected chi connectivity index (χ0v) is 22.6. The third-order valence-corrected chi connectivity index (χ3v) is 7.37. The van der Waals surface area contributed by atoms with E-state index in [-0.39, 0.29) is 36.2 Å². The predicted octanol–water partition coefficient (Wildman–Crippen LogP) is 3.60. The standard InChI is InChI=1S/C28H27N3O8S/c1-17(39-24(33)14-19-6-4-3-5-7-19)25-22-15-23(40-13-12-29-18(2)32)26(30(22)27(25)34)28(35)38-16-20-8-10-21(11-9-20)31(36)37/h3-13,17,22,25H,14-16H2,1-2H3,(H,29,32)/t17-,22+,25-/m0/s1. The smallest absolute Gasteiger partial charge is 0.356 e. The first-order chi connectivity index (χ1) is 19.2. The van der Waals surface area contributed by atoms with Crippen LogP contribution in [0.3, 0.4) is 0 Å². The van der Waals surface area contributed by atoms with E-state index in [1.54, 1.807) is 12.3 Å². The average molecular weight is 566 g/mol. The number of thioether (sulfide) groups is 1. The van der Waals surface area contributed by atoms with Crippen LogP contribution in [0.1, 0.15) is 31.4 Å². The molecular formula is C28H27N3O8S. The fourth-order valence-corrected chi connectivity index (χ4v) is 5.46. The van der Waals surface area contributed by atoms with Gasteiger partial charge in [0, 0.05) is 36.6 Å². The molecule has 11 nitrogen and oxygen atoms in total. The van der Waals surface area contributed by atoms with Crippen LogP contribution < -0.4 is 5.32 Å². The highest BCUT2D eigenvalue weighted by molar-refractivity contribution is 8.05. The molecule has 0 spiro atoms. The normalized spacial score (nSPS) is 18.6. The molecule has 0 aromatic heterocycles. The van der Waals surface area contributed by atoms with Gasteiger partial charge in [-0.15, -0.1) is 0 Å². The number of β-lactam (4-membered cyclic amide) rings is 1. The Labute approximate surface area is 234 Å². The number of carbonyl (C=O) groups is 4. The Morgan fingerprint density at radius 3 is 2.50 bits per heavy atom. The Kier molecular flexibility index (Phi) is 9.00. The molecule has 0 unspecified atom stereocenters. The van der Waals surface area contributed by atoms with E-state index in [4.69, 9.17) is 9.47 Å². The topological polar surface area (TPSA) is 145 Å². The van der Waals surface area contributed by atoms with E-state index >= 15 is 0 Å². The van der Waals surface area contributed by atoms with Gasteiger partial charge in [-0.2, -0.15) is 0 Å². The van der Waals surface area contributed by atoms with Crippen molar-refractivity contribution in [1.82, 2.24) is 10.2 Å². The first-order valence-electron chi connectivity index (χ1n) is 12.4. The molecule has 2 amide bonds. The SMILES string of the molecule is CC(=O)NC=CSC1=C(C(=O)OCc2ccc([N+](=O)[O-])cc2)N2C(=O)[C@@H]([C@H](C)OC(=O)Cc3ccccc3)[C@H]2C1. The maximum Gasteiger partial charge on any atom is 0.356 e. The van der Waals surface area contributed by atoms with Gasteiger partial charge in [0.1, 0.15) is 18.4 Å². The van der Waals surface area contributed by atoms with E-state index in [0.29, 0.717) is 16.9 Å². The highest BCUT2D eigenvalue weighted by Crippen LogP contribution is 2.48. The number of rotatable bonds is 11. The van der Waals surface area contributed by atoms with Gasteiger partial charge in [0.15, 0.2) is 0 Å². The lowest BCUT2D eigenvalue weighted by molar-refractivity contribution is -0.384. The number of ether oxygens (including phenoxy) is 2. The number of hydrogen-bond donors (Lipinski definition) is 1. The zero-order valence-electron chi connectivity index (χ0n) is 21.8. The number of nitrogens with one attached hydrogen (secondary N) is 1. The lowest BCUT2D eigenvalue weighted by Gasteiger charge is -2.45. The molecule has 1 fully saturated rings. The van der Waals surface area contributed by atoms with Gasteiger partial charge in [-0.05, 0) is 35.6 Å². The highest BCUT2D eigenvalue weighted by Gasteiger charge is 2.58. The van der Waals surface area contributed by atoms with Gasteiger partial charge in [-0.3, -0.25) is 24.5 Å². The number of nitro groups is 1. The third-order valence-electron chi connectivity index (χ3n) is 6.46. The van der Waals surface area contributed by atoms with Gasteiger partial charge in [-0.1, -0.05) is 42.1 Å². The summed E-state index contributed by atoms with van der Waals surface area (Å²) in [4.78, 5) is 62.4. The molecule has 2 aromatic rings. The summed E-state index contributed by atoms with van der Waals surface area (Å²) in [6.07, 6.45) is 1.15. The largest absolute Gasteiger partial charge is 0.461 e. The summed E-state index contributed by atoms with van der Waals surface area (Å²) in [5.41, 5.74) is 1.34. The monoisotopic (exact) mass is 565 g/mol. The van der Waals surface area contributed by atoms with Gasteiger partial charge in [-0.25, -0.2) is 4.79 Å². The maximum absolute atomic E-state index is 13.2. The van der Waals surface area contributed by atoms with Crippen LogP contribution >= 0.6 is 11.8 Å². The first kappa shape index (κ1) is 28.6. The van der Waals surface area contributed by atoms with Crippen molar-refractivity contribution in [2.75, 3.05) is 0 Å². The van der Waals surface area contributed by atoms with Gasteiger partial charge in [0.25, 0.3) is 5.69 Å². The molecular weight excluding hydrogens is 538 g/mol. The lowest BCUT2D eigenvalue weighted by atomic mass is 9.83. The Morgan fingerprint density at radius 2 is 1.85 bits per heavy atom. The van der Waals surface area contributed by atoms with E-state index < -0.39 is 34.9 Å². The minimum atomic E-state index is -0.725. The molecule has 2 aliphatic heterocycles. The Morgan fingerprint density at radius 1 is 1.15 bits per heavy atom. The summed E-state index contributed by atoms with van der Waals surface area (Å²) in [6, 6.07) is 14.3. The quantitative estimate of drug-likeness (QED) is 0.187. The lowest BCUT2D eigenvalue weighted by Crippen LogP contribution is -2.62. The van der Waals surface area contributed by atoms with Crippen molar-refractivity contribution < 1.29 is 33.6 Å². The van der Waals surface area contributed by atoms with E-state index in [9.17, 15) is 29.3 Å². The minimum absolute atomic E-state index is 0.0774. The second kappa shape index (κ2) is 12.6. The zero-order chi connectivity index (χ0) is 28.8. The summed E-state index contributed by atoms with van der Waals surface area (Å²) in [6.45, 7) is 2.88. The molecule has 2 aliphatic rings. The van der Waals surface area contributed by atoms with Crippen molar-refractivity contribution in [3.63, 3.8) is 0 Å². The van der Waals surface area contributed by atoms with Crippen LogP contribution in [0.25, 0.3) is 0 Å². The molecule has 208 valence electrons. The Bertz CT molecular complexity index is 1370. The van der Waals surface area contributed by atoms with E-state index in [1.165, 1.54) is 54.1 Å². The number of nitro benzene ring substituents is 1. The number of fused-ring (bicyclic) bond motifs is 1. The van der Waals surface area contributed by atoms with Crippen LogP contribution in [0.15, 0.2) is 76.8 Å². The molecule has 2 heterocycles. The van der Waals surface area contributed by atoms with Crippen molar-refractivity contribution >= 4 is 41.2 Å². The van der Waals surface area contributed by atoms with E-state index in [2.05, 4.69) is 5.32 Å². The number of carbonyl (C=O) groups excluding carboxylic acids is 4. The Balaban J connectivity index is 1.44. The minimum Gasteiger partial charge on any atom is -0.461 e. The fourth-order valence-electron chi connectivity index (χ4n) is 4.60. The molecule has 3 atom stereocenters. The summed E-state index contributed by atoms with van der Waals surface area (Å²) in [5.74, 6) is -2.42. The number of esters is 2. The number of benzene rings is 2. The van der Waals surface area contributed by atoms with Crippen LogP contribution in [0, 0.1) is 16.0 Å². The fraction of sp³-hybridized carbons (Fsp3) is 0.286. The first-order valence-corrected chi connectivity index (χ1v) is 13.3. The molecule has 1 N–H and O–H groups in total.